The molecular formula is C16H26N6O. The minimum Gasteiger partial charge on any atom is -0.373 e. The van der Waals surface area contributed by atoms with E-state index in [1.165, 1.54) is 0 Å². The zero-order chi connectivity index (χ0) is 16.6. The van der Waals surface area contributed by atoms with Crippen LogP contribution >= 0.6 is 0 Å². The van der Waals surface area contributed by atoms with Gasteiger partial charge in [-0.05, 0) is 27.7 Å². The van der Waals surface area contributed by atoms with Gasteiger partial charge < -0.3 is 9.64 Å². The maximum atomic E-state index is 5.80. The molecule has 23 heavy (non-hydrogen) atoms. The Balaban J connectivity index is 1.75. The second-order valence-corrected chi connectivity index (χ2v) is 6.56. The van der Waals surface area contributed by atoms with Crippen molar-refractivity contribution in [3.05, 3.63) is 17.6 Å². The van der Waals surface area contributed by atoms with Gasteiger partial charge in [0.2, 0.25) is 0 Å². The van der Waals surface area contributed by atoms with E-state index in [0.29, 0.717) is 18.0 Å². The molecule has 1 aliphatic rings. The maximum absolute atomic E-state index is 5.80. The summed E-state index contributed by atoms with van der Waals surface area (Å²) in [6.07, 6.45) is 2.16. The van der Waals surface area contributed by atoms with Crippen molar-refractivity contribution in [1.29, 1.82) is 0 Å². The summed E-state index contributed by atoms with van der Waals surface area (Å²) < 4.78 is 7.63. The number of anilines is 1. The molecule has 0 amide bonds. The molecule has 2 aromatic heterocycles. The lowest BCUT2D eigenvalue weighted by molar-refractivity contribution is -0.0670. The zero-order valence-electron chi connectivity index (χ0n) is 14.7. The molecule has 0 aromatic carbocycles. The van der Waals surface area contributed by atoms with Crippen LogP contribution in [0.3, 0.4) is 0 Å². The van der Waals surface area contributed by atoms with Crippen molar-refractivity contribution in [2.75, 3.05) is 38.1 Å². The third kappa shape index (κ3) is 3.30. The van der Waals surface area contributed by atoms with Crippen LogP contribution in [0, 0.1) is 13.8 Å². The predicted molar refractivity (Wildman–Crippen MR) is 90.0 cm³/mol. The smallest absolute Gasteiger partial charge is 0.254 e. The molecule has 3 heterocycles. The van der Waals surface area contributed by atoms with E-state index in [-0.39, 0.29) is 0 Å². The third-order valence-corrected chi connectivity index (χ3v) is 4.48. The Morgan fingerprint density at radius 2 is 1.96 bits per heavy atom. The van der Waals surface area contributed by atoms with Gasteiger partial charge in [-0.3, -0.25) is 4.90 Å². The summed E-state index contributed by atoms with van der Waals surface area (Å²) in [5.41, 5.74) is 2.15. The highest BCUT2D eigenvalue weighted by Crippen LogP contribution is 2.21. The molecular weight excluding hydrogens is 292 g/mol. The van der Waals surface area contributed by atoms with Gasteiger partial charge in [-0.15, -0.1) is 0 Å². The van der Waals surface area contributed by atoms with Crippen LogP contribution in [0.4, 0.5) is 5.82 Å². The molecule has 7 nitrogen and oxygen atoms in total. The average Bonchev–Trinajstić information content (AvgIpc) is 2.92. The summed E-state index contributed by atoms with van der Waals surface area (Å²) in [4.78, 5) is 13.4. The summed E-state index contributed by atoms with van der Waals surface area (Å²) in [6.45, 7) is 12.3. The minimum atomic E-state index is 0.302. The van der Waals surface area contributed by atoms with Gasteiger partial charge in [-0.1, -0.05) is 0 Å². The van der Waals surface area contributed by atoms with E-state index in [4.69, 9.17) is 4.74 Å². The molecule has 0 bridgehead atoms. The predicted octanol–water partition coefficient (Wildman–Crippen LogP) is 1.29. The van der Waals surface area contributed by atoms with Crippen LogP contribution in [0.25, 0.3) is 5.78 Å². The molecule has 7 heteroatoms. The van der Waals surface area contributed by atoms with Crippen molar-refractivity contribution in [3.63, 3.8) is 0 Å². The van der Waals surface area contributed by atoms with Crippen LogP contribution in [0.15, 0.2) is 6.33 Å². The van der Waals surface area contributed by atoms with Gasteiger partial charge in [-0.2, -0.15) is 14.6 Å². The molecule has 2 aromatic rings. The lowest BCUT2D eigenvalue weighted by atomic mass is 10.2. The third-order valence-electron chi connectivity index (χ3n) is 4.48. The van der Waals surface area contributed by atoms with Crippen LogP contribution in [0.1, 0.15) is 25.1 Å². The van der Waals surface area contributed by atoms with Crippen molar-refractivity contribution in [3.8, 4) is 0 Å². The average molecular weight is 318 g/mol. The first kappa shape index (κ1) is 16.1. The SMILES string of the molecule is Cc1nc2ncnn2c(N(C)CCN2C[C@@H](C)O[C@@H](C)C2)c1C. The van der Waals surface area contributed by atoms with E-state index in [2.05, 4.69) is 52.7 Å². The number of aromatic nitrogens is 4. The number of nitrogens with zero attached hydrogens (tertiary/aromatic N) is 6. The zero-order valence-corrected chi connectivity index (χ0v) is 14.7. The van der Waals surface area contributed by atoms with Gasteiger partial charge in [0.25, 0.3) is 5.78 Å². The molecule has 0 spiro atoms. The van der Waals surface area contributed by atoms with E-state index in [1.807, 2.05) is 11.4 Å². The van der Waals surface area contributed by atoms with E-state index in [9.17, 15) is 0 Å². The van der Waals surface area contributed by atoms with Gasteiger partial charge in [-0.25, -0.2) is 4.98 Å². The summed E-state index contributed by atoms with van der Waals surface area (Å²) in [5, 5.41) is 4.33. The quantitative estimate of drug-likeness (QED) is 0.846. The Labute approximate surface area is 137 Å². The maximum Gasteiger partial charge on any atom is 0.254 e. The number of fused-ring (bicyclic) bond motifs is 1. The first-order valence-corrected chi connectivity index (χ1v) is 8.21. The number of rotatable bonds is 4. The summed E-state index contributed by atoms with van der Waals surface area (Å²) >= 11 is 0. The number of hydrogen-bond donors (Lipinski definition) is 0. The fourth-order valence-corrected chi connectivity index (χ4v) is 3.33. The van der Waals surface area contributed by atoms with Gasteiger partial charge in [0.05, 0.1) is 12.2 Å². The highest BCUT2D eigenvalue weighted by Gasteiger charge is 2.22. The van der Waals surface area contributed by atoms with E-state index in [1.54, 1.807) is 6.33 Å². The standard InChI is InChI=1S/C16H26N6O/c1-11-8-21(9-12(2)23-11)7-6-20(5)15-13(3)14(4)19-16-17-10-18-22(15)16/h10-12H,6-9H2,1-5H3/t11-,12+. The van der Waals surface area contributed by atoms with Crippen molar-refractivity contribution in [2.45, 2.75) is 39.9 Å². The van der Waals surface area contributed by atoms with Gasteiger partial charge >= 0.3 is 0 Å². The van der Waals surface area contributed by atoms with Crippen LogP contribution < -0.4 is 4.90 Å². The molecule has 0 N–H and O–H groups in total. The number of aryl methyl sites for hydroxylation is 1. The lowest BCUT2D eigenvalue weighted by Crippen LogP contribution is -2.47. The normalized spacial score (nSPS) is 22.7. The molecule has 1 aliphatic heterocycles. The Morgan fingerprint density at radius 3 is 2.65 bits per heavy atom. The molecule has 0 saturated carbocycles. The van der Waals surface area contributed by atoms with E-state index >= 15 is 0 Å². The monoisotopic (exact) mass is 318 g/mol. The fourth-order valence-electron chi connectivity index (χ4n) is 3.33. The minimum absolute atomic E-state index is 0.302. The summed E-state index contributed by atoms with van der Waals surface area (Å²) in [5.74, 6) is 1.72. The largest absolute Gasteiger partial charge is 0.373 e. The first-order valence-electron chi connectivity index (χ1n) is 8.21. The van der Waals surface area contributed by atoms with Crippen LogP contribution in [0.2, 0.25) is 0 Å². The van der Waals surface area contributed by atoms with Crippen molar-refractivity contribution >= 4 is 11.6 Å². The highest BCUT2D eigenvalue weighted by molar-refractivity contribution is 5.53. The Morgan fingerprint density at radius 1 is 1.26 bits per heavy atom. The molecule has 0 unspecified atom stereocenters. The lowest BCUT2D eigenvalue weighted by Gasteiger charge is -2.36. The second kappa shape index (κ2) is 6.41. The Kier molecular flexibility index (Phi) is 4.50. The van der Waals surface area contributed by atoms with Gasteiger partial charge in [0.15, 0.2) is 0 Å². The van der Waals surface area contributed by atoms with E-state index < -0.39 is 0 Å². The number of ether oxygens (including phenoxy) is 1. The summed E-state index contributed by atoms with van der Waals surface area (Å²) in [6, 6.07) is 0. The van der Waals surface area contributed by atoms with Crippen molar-refractivity contribution in [2.24, 2.45) is 0 Å². The van der Waals surface area contributed by atoms with Crippen molar-refractivity contribution in [1.82, 2.24) is 24.5 Å². The fraction of sp³-hybridized carbons (Fsp3) is 0.688. The highest BCUT2D eigenvalue weighted by atomic mass is 16.5. The topological polar surface area (TPSA) is 58.8 Å². The number of likely N-dealkylation sites (N-methyl/N-ethyl adjacent to an activating group) is 1. The molecule has 0 radical (unpaired) electrons. The molecule has 3 rings (SSSR count). The van der Waals surface area contributed by atoms with Crippen LogP contribution in [0.5, 0.6) is 0 Å². The molecule has 2 atom stereocenters. The van der Waals surface area contributed by atoms with E-state index in [0.717, 1.165) is 43.3 Å². The van der Waals surface area contributed by atoms with Gasteiger partial charge in [0, 0.05) is 44.5 Å². The number of hydrogen-bond acceptors (Lipinski definition) is 6. The molecule has 1 fully saturated rings. The summed E-state index contributed by atoms with van der Waals surface area (Å²) in [7, 11) is 2.11. The molecule has 0 aliphatic carbocycles. The van der Waals surface area contributed by atoms with Crippen LogP contribution in [-0.2, 0) is 4.74 Å². The van der Waals surface area contributed by atoms with Gasteiger partial charge in [0.1, 0.15) is 12.1 Å². The second-order valence-electron chi connectivity index (χ2n) is 6.56. The molecule has 1 saturated heterocycles. The molecule has 126 valence electrons. The van der Waals surface area contributed by atoms with Crippen LogP contribution in [-0.4, -0.2) is 69.9 Å². The number of morpholine rings is 1. The van der Waals surface area contributed by atoms with Crippen molar-refractivity contribution < 1.29 is 4.74 Å². The first-order chi connectivity index (χ1) is 11.0. The Bertz CT molecular complexity index is 675. The Hall–Kier alpha value is -1.73.